The van der Waals surface area contributed by atoms with Crippen LogP contribution in [0, 0.1) is 0 Å². The van der Waals surface area contributed by atoms with Crippen LogP contribution in [0.5, 0.6) is 0 Å². The van der Waals surface area contributed by atoms with E-state index in [2.05, 4.69) is 10.3 Å². The van der Waals surface area contributed by atoms with Gasteiger partial charge in [0.05, 0.1) is 5.56 Å². The molecule has 1 rings (SSSR count). The zero-order chi connectivity index (χ0) is 12.8. The lowest BCUT2D eigenvalue weighted by Crippen LogP contribution is -2.14. The first-order valence-electron chi connectivity index (χ1n) is 5.22. The molecule has 0 aliphatic carbocycles. The number of amides is 1. The molecule has 17 heavy (non-hydrogen) atoms. The second-order valence-corrected chi connectivity index (χ2v) is 3.48. The van der Waals surface area contributed by atoms with Crippen LogP contribution in [0.3, 0.4) is 0 Å². The highest BCUT2D eigenvalue weighted by atomic mass is 16.4. The maximum Gasteiger partial charge on any atom is 0.335 e. The molecule has 1 heterocycles. The van der Waals surface area contributed by atoms with Crippen LogP contribution in [-0.4, -0.2) is 22.0 Å². The third-order valence-electron chi connectivity index (χ3n) is 2.12. The number of pyridine rings is 1. The summed E-state index contributed by atoms with van der Waals surface area (Å²) in [7, 11) is 0. The van der Waals surface area contributed by atoms with Crippen LogP contribution in [0.25, 0.3) is 0 Å². The number of hydrogen-bond donors (Lipinski definition) is 2. The molecule has 90 valence electrons. The van der Waals surface area contributed by atoms with Gasteiger partial charge in [-0.1, -0.05) is 13.0 Å². The van der Waals surface area contributed by atoms with Gasteiger partial charge < -0.3 is 10.4 Å². The fourth-order valence-corrected chi connectivity index (χ4v) is 1.25. The number of carboxylic acid groups (broad SMARTS) is 1. The van der Waals surface area contributed by atoms with Crippen molar-refractivity contribution < 1.29 is 14.7 Å². The third kappa shape index (κ3) is 3.71. The molecule has 1 aromatic rings. The summed E-state index contributed by atoms with van der Waals surface area (Å²) in [4.78, 5) is 26.2. The van der Waals surface area contributed by atoms with Crippen LogP contribution in [0.15, 0.2) is 30.0 Å². The van der Waals surface area contributed by atoms with Crippen molar-refractivity contribution in [1.29, 1.82) is 0 Å². The second kappa shape index (κ2) is 5.79. The summed E-state index contributed by atoms with van der Waals surface area (Å²) in [6.45, 7) is 3.62. The van der Waals surface area contributed by atoms with E-state index in [0.717, 1.165) is 6.42 Å². The monoisotopic (exact) mass is 234 g/mol. The minimum absolute atomic E-state index is 0.0902. The van der Waals surface area contributed by atoms with E-state index in [-0.39, 0.29) is 17.3 Å². The Morgan fingerprint density at radius 2 is 2.24 bits per heavy atom. The van der Waals surface area contributed by atoms with Gasteiger partial charge in [0, 0.05) is 11.8 Å². The molecule has 2 N–H and O–H groups in total. The maximum absolute atomic E-state index is 11.6. The van der Waals surface area contributed by atoms with Gasteiger partial charge in [-0.25, -0.2) is 9.78 Å². The summed E-state index contributed by atoms with van der Waals surface area (Å²) >= 11 is 0. The molecule has 0 spiro atoms. The van der Waals surface area contributed by atoms with Crippen LogP contribution in [-0.2, 0) is 4.79 Å². The van der Waals surface area contributed by atoms with Crippen molar-refractivity contribution in [3.05, 3.63) is 35.5 Å². The largest absolute Gasteiger partial charge is 0.478 e. The highest BCUT2D eigenvalue weighted by Gasteiger charge is 2.08. The first-order chi connectivity index (χ1) is 8.04. The molecule has 0 aromatic carbocycles. The molecule has 1 amide bonds. The summed E-state index contributed by atoms with van der Waals surface area (Å²) in [5, 5.41) is 11.3. The lowest BCUT2D eigenvalue weighted by Gasteiger charge is -2.04. The van der Waals surface area contributed by atoms with Crippen LogP contribution >= 0.6 is 0 Å². The Morgan fingerprint density at radius 1 is 1.53 bits per heavy atom. The van der Waals surface area contributed by atoms with Crippen molar-refractivity contribution >= 4 is 17.7 Å². The SMILES string of the molecule is CCC=C(C)C(=O)Nc1cc(C(=O)O)ccn1. The minimum atomic E-state index is -1.05. The van der Waals surface area contributed by atoms with Gasteiger partial charge in [0.15, 0.2) is 0 Å². The number of allylic oxidation sites excluding steroid dienone is 1. The Kier molecular flexibility index (Phi) is 4.39. The lowest BCUT2D eigenvalue weighted by molar-refractivity contribution is -0.112. The van der Waals surface area contributed by atoms with Crippen molar-refractivity contribution in [2.45, 2.75) is 20.3 Å². The smallest absolute Gasteiger partial charge is 0.335 e. The zero-order valence-corrected chi connectivity index (χ0v) is 9.73. The molecular formula is C12H14N2O3. The third-order valence-corrected chi connectivity index (χ3v) is 2.12. The van der Waals surface area contributed by atoms with Gasteiger partial charge >= 0.3 is 5.97 Å². The Balaban J connectivity index is 2.82. The van der Waals surface area contributed by atoms with E-state index >= 15 is 0 Å². The summed E-state index contributed by atoms with van der Waals surface area (Å²) in [6, 6.07) is 2.69. The van der Waals surface area contributed by atoms with Gasteiger partial charge in [0.2, 0.25) is 0 Å². The quantitative estimate of drug-likeness (QED) is 0.781. The first-order valence-corrected chi connectivity index (χ1v) is 5.22. The maximum atomic E-state index is 11.6. The molecule has 0 aliphatic heterocycles. The number of aromatic nitrogens is 1. The Bertz CT molecular complexity index is 467. The molecule has 1 aromatic heterocycles. The highest BCUT2D eigenvalue weighted by Crippen LogP contribution is 2.08. The predicted molar refractivity (Wildman–Crippen MR) is 63.9 cm³/mol. The highest BCUT2D eigenvalue weighted by molar-refractivity contribution is 6.03. The van der Waals surface area contributed by atoms with Gasteiger partial charge in [-0.2, -0.15) is 0 Å². The van der Waals surface area contributed by atoms with E-state index in [0.29, 0.717) is 5.57 Å². The number of rotatable bonds is 4. The van der Waals surface area contributed by atoms with E-state index in [9.17, 15) is 9.59 Å². The van der Waals surface area contributed by atoms with E-state index in [4.69, 9.17) is 5.11 Å². The van der Waals surface area contributed by atoms with Crippen LogP contribution in [0.1, 0.15) is 30.6 Å². The Morgan fingerprint density at radius 3 is 2.82 bits per heavy atom. The number of carbonyl (C=O) groups excluding carboxylic acids is 1. The van der Waals surface area contributed by atoms with Crippen molar-refractivity contribution in [2.24, 2.45) is 0 Å². The second-order valence-electron chi connectivity index (χ2n) is 3.48. The van der Waals surface area contributed by atoms with Crippen molar-refractivity contribution in [3.8, 4) is 0 Å². The van der Waals surface area contributed by atoms with E-state index in [1.54, 1.807) is 13.0 Å². The first kappa shape index (κ1) is 12.9. The minimum Gasteiger partial charge on any atom is -0.478 e. The number of carboxylic acids is 1. The Hall–Kier alpha value is -2.17. The number of carbonyl (C=O) groups is 2. The van der Waals surface area contributed by atoms with Gasteiger partial charge in [-0.05, 0) is 25.5 Å². The lowest BCUT2D eigenvalue weighted by atomic mass is 10.2. The number of aromatic carboxylic acids is 1. The molecular weight excluding hydrogens is 220 g/mol. The summed E-state index contributed by atoms with van der Waals surface area (Å²) in [6.07, 6.45) is 3.90. The predicted octanol–water partition coefficient (Wildman–Crippen LogP) is 2.07. The van der Waals surface area contributed by atoms with E-state index < -0.39 is 5.97 Å². The zero-order valence-electron chi connectivity index (χ0n) is 9.73. The number of hydrogen-bond acceptors (Lipinski definition) is 3. The summed E-state index contributed by atoms with van der Waals surface area (Å²) in [5.74, 6) is -1.09. The van der Waals surface area contributed by atoms with Crippen LogP contribution < -0.4 is 5.32 Å². The van der Waals surface area contributed by atoms with E-state index in [1.807, 2.05) is 6.92 Å². The molecule has 0 saturated heterocycles. The molecule has 0 radical (unpaired) electrons. The molecule has 0 unspecified atom stereocenters. The van der Waals surface area contributed by atoms with Gasteiger partial charge in [0.25, 0.3) is 5.91 Å². The number of nitrogens with zero attached hydrogens (tertiary/aromatic N) is 1. The number of anilines is 1. The molecule has 0 atom stereocenters. The standard InChI is InChI=1S/C12H14N2O3/c1-3-4-8(2)11(15)14-10-7-9(12(16)17)5-6-13-10/h4-7H,3H2,1-2H3,(H,16,17)(H,13,14,15). The average Bonchev–Trinajstić information content (AvgIpc) is 2.29. The topological polar surface area (TPSA) is 79.3 Å². The van der Waals surface area contributed by atoms with Gasteiger partial charge in [-0.3, -0.25) is 4.79 Å². The van der Waals surface area contributed by atoms with Crippen molar-refractivity contribution in [1.82, 2.24) is 4.98 Å². The van der Waals surface area contributed by atoms with E-state index in [1.165, 1.54) is 18.3 Å². The fourth-order valence-electron chi connectivity index (χ4n) is 1.25. The molecule has 0 aliphatic rings. The van der Waals surface area contributed by atoms with Crippen molar-refractivity contribution in [2.75, 3.05) is 5.32 Å². The molecule has 0 bridgehead atoms. The van der Waals surface area contributed by atoms with Crippen LogP contribution in [0.2, 0.25) is 0 Å². The summed E-state index contributed by atoms with van der Waals surface area (Å²) < 4.78 is 0. The molecule has 0 saturated carbocycles. The molecule has 0 fully saturated rings. The molecule has 5 nitrogen and oxygen atoms in total. The van der Waals surface area contributed by atoms with Gasteiger partial charge in [0.1, 0.15) is 5.82 Å². The fraction of sp³-hybridized carbons (Fsp3) is 0.250. The number of nitrogens with one attached hydrogen (secondary N) is 1. The summed E-state index contributed by atoms with van der Waals surface area (Å²) in [5.41, 5.74) is 0.669. The Labute approximate surface area is 99.2 Å². The van der Waals surface area contributed by atoms with Crippen LogP contribution in [0.4, 0.5) is 5.82 Å². The van der Waals surface area contributed by atoms with Gasteiger partial charge in [-0.15, -0.1) is 0 Å². The van der Waals surface area contributed by atoms with Crippen molar-refractivity contribution in [3.63, 3.8) is 0 Å². The molecule has 5 heteroatoms. The normalized spacial score (nSPS) is 11.1. The average molecular weight is 234 g/mol.